The summed E-state index contributed by atoms with van der Waals surface area (Å²) in [4.78, 5) is 20.8. The molecule has 9 nitrogen and oxygen atoms in total. The number of nitro groups is 1. The molecular formula is C17H16F3N3O6S. The van der Waals surface area contributed by atoms with E-state index in [0.717, 1.165) is 34.6 Å². The first kappa shape index (κ1) is 23.3. The Morgan fingerprint density at radius 2 is 1.80 bits per heavy atom. The molecule has 0 saturated heterocycles. The minimum atomic E-state index is -4.76. The van der Waals surface area contributed by atoms with Crippen molar-refractivity contribution in [1.82, 2.24) is 9.79 Å². The maximum absolute atomic E-state index is 13.0. The lowest BCUT2D eigenvalue weighted by Crippen LogP contribution is -2.34. The number of alkyl halides is 3. The summed E-state index contributed by atoms with van der Waals surface area (Å²) in [5, 5.41) is 19.4. The number of halogens is 3. The van der Waals surface area contributed by atoms with Crippen molar-refractivity contribution in [3.05, 3.63) is 69.8 Å². The van der Waals surface area contributed by atoms with Crippen LogP contribution < -0.4 is 5.48 Å². The highest BCUT2D eigenvalue weighted by atomic mass is 32.2. The fourth-order valence-corrected chi connectivity index (χ4v) is 3.95. The Morgan fingerprint density at radius 1 is 1.17 bits per heavy atom. The number of carbonyl (C=O) groups is 1. The number of nitro benzene ring substituents is 1. The molecule has 2 aromatic rings. The highest BCUT2D eigenvalue weighted by Gasteiger charge is 2.33. The molecule has 13 heteroatoms. The summed E-state index contributed by atoms with van der Waals surface area (Å²) in [5.41, 5.74) is 0.255. The van der Waals surface area contributed by atoms with Crippen molar-refractivity contribution in [2.45, 2.75) is 24.0 Å². The number of amides is 1. The lowest BCUT2D eigenvalue weighted by atomic mass is 10.2. The third-order valence-corrected chi connectivity index (χ3v) is 5.86. The molecule has 0 saturated carbocycles. The van der Waals surface area contributed by atoms with Crippen LogP contribution in [0.2, 0.25) is 0 Å². The van der Waals surface area contributed by atoms with Gasteiger partial charge in [-0.15, -0.1) is 0 Å². The van der Waals surface area contributed by atoms with Crippen LogP contribution >= 0.6 is 0 Å². The van der Waals surface area contributed by atoms with Gasteiger partial charge in [-0.05, 0) is 23.8 Å². The summed E-state index contributed by atoms with van der Waals surface area (Å²) >= 11 is 0. The second-order valence-corrected chi connectivity index (χ2v) is 8.01. The summed E-state index contributed by atoms with van der Waals surface area (Å²) in [6, 6.07) is 8.00. The summed E-state index contributed by atoms with van der Waals surface area (Å²) in [7, 11) is -4.47. The average molecular weight is 447 g/mol. The molecule has 0 unspecified atom stereocenters. The number of non-ortho nitro benzene ring substituents is 1. The van der Waals surface area contributed by atoms with Gasteiger partial charge in [0, 0.05) is 31.6 Å². The Labute approximate surface area is 168 Å². The summed E-state index contributed by atoms with van der Waals surface area (Å²) in [6.07, 6.45) is -5.23. The number of hydroxylamine groups is 1. The molecule has 0 aliphatic heterocycles. The Morgan fingerprint density at radius 3 is 2.33 bits per heavy atom. The first-order valence-corrected chi connectivity index (χ1v) is 9.73. The molecule has 30 heavy (non-hydrogen) atoms. The molecule has 0 radical (unpaired) electrons. The Bertz CT molecular complexity index is 1030. The Kier molecular flexibility index (Phi) is 7.12. The van der Waals surface area contributed by atoms with Gasteiger partial charge in [0.05, 0.1) is 15.4 Å². The molecule has 0 atom stereocenters. The second kappa shape index (κ2) is 9.19. The van der Waals surface area contributed by atoms with Crippen molar-refractivity contribution in [1.29, 1.82) is 0 Å². The van der Waals surface area contributed by atoms with Crippen molar-refractivity contribution >= 4 is 21.6 Å². The van der Waals surface area contributed by atoms with E-state index >= 15 is 0 Å². The van der Waals surface area contributed by atoms with Gasteiger partial charge in [-0.1, -0.05) is 18.2 Å². The number of hydrogen-bond donors (Lipinski definition) is 2. The van der Waals surface area contributed by atoms with E-state index in [9.17, 15) is 36.5 Å². The summed E-state index contributed by atoms with van der Waals surface area (Å²) in [6.45, 7) is -0.822. The molecular weight excluding hydrogens is 431 g/mol. The van der Waals surface area contributed by atoms with Crippen LogP contribution in [0.1, 0.15) is 17.5 Å². The lowest BCUT2D eigenvalue weighted by molar-refractivity contribution is -0.384. The normalized spacial score (nSPS) is 12.0. The number of rotatable bonds is 8. The van der Waals surface area contributed by atoms with Crippen molar-refractivity contribution in [2.24, 2.45) is 0 Å². The van der Waals surface area contributed by atoms with Gasteiger partial charge in [-0.2, -0.15) is 17.5 Å². The molecule has 0 aliphatic carbocycles. The minimum Gasteiger partial charge on any atom is -0.289 e. The van der Waals surface area contributed by atoms with E-state index in [-0.39, 0.29) is 12.2 Å². The van der Waals surface area contributed by atoms with Gasteiger partial charge in [0.2, 0.25) is 15.9 Å². The van der Waals surface area contributed by atoms with E-state index in [2.05, 4.69) is 0 Å². The molecule has 2 aromatic carbocycles. The van der Waals surface area contributed by atoms with Gasteiger partial charge >= 0.3 is 6.18 Å². The second-order valence-electron chi connectivity index (χ2n) is 6.07. The van der Waals surface area contributed by atoms with Crippen molar-refractivity contribution < 1.29 is 36.5 Å². The van der Waals surface area contributed by atoms with Crippen molar-refractivity contribution in [3.63, 3.8) is 0 Å². The minimum absolute atomic E-state index is 0.231. The number of carbonyl (C=O) groups excluding carboxylic acids is 1. The smallest absolute Gasteiger partial charge is 0.289 e. The topological polar surface area (TPSA) is 130 Å². The largest absolute Gasteiger partial charge is 0.416 e. The summed E-state index contributed by atoms with van der Waals surface area (Å²) < 4.78 is 65.5. The van der Waals surface area contributed by atoms with E-state index in [0.29, 0.717) is 11.6 Å². The van der Waals surface area contributed by atoms with Crippen LogP contribution in [0.3, 0.4) is 0 Å². The molecule has 0 aliphatic rings. The quantitative estimate of drug-likeness (QED) is 0.364. The summed E-state index contributed by atoms with van der Waals surface area (Å²) in [5.74, 6) is -0.900. The molecule has 2 rings (SSSR count). The number of sulfonamides is 1. The Balaban J connectivity index is 2.39. The fraction of sp³-hybridized carbons (Fsp3) is 0.235. The average Bonchev–Trinajstić information content (AvgIpc) is 2.70. The molecule has 0 fully saturated rings. The molecule has 0 aromatic heterocycles. The maximum atomic E-state index is 13.0. The molecule has 2 N–H and O–H groups in total. The van der Waals surface area contributed by atoms with Crippen LogP contribution in [0.4, 0.5) is 18.9 Å². The van der Waals surface area contributed by atoms with Gasteiger partial charge in [0.1, 0.15) is 0 Å². The van der Waals surface area contributed by atoms with Crippen LogP contribution in [-0.4, -0.2) is 35.3 Å². The SMILES string of the molecule is O=C(CCN(Cc1ccc([N+](=O)[O-])cc1)S(=O)(=O)c1cccc(C(F)(F)F)c1)NO. The van der Waals surface area contributed by atoms with Crippen molar-refractivity contribution in [3.8, 4) is 0 Å². The van der Waals surface area contributed by atoms with Crippen LogP contribution in [-0.2, 0) is 27.5 Å². The fourth-order valence-electron chi connectivity index (χ4n) is 2.48. The van der Waals surface area contributed by atoms with E-state index in [1.165, 1.54) is 17.6 Å². The zero-order chi connectivity index (χ0) is 22.5. The first-order chi connectivity index (χ1) is 13.9. The molecule has 162 valence electrons. The highest BCUT2D eigenvalue weighted by Crippen LogP contribution is 2.31. The monoisotopic (exact) mass is 447 g/mol. The molecule has 0 spiro atoms. The van der Waals surface area contributed by atoms with E-state index in [1.807, 2.05) is 0 Å². The zero-order valence-corrected chi connectivity index (χ0v) is 16.0. The van der Waals surface area contributed by atoms with Crippen LogP contribution in [0.25, 0.3) is 0 Å². The van der Waals surface area contributed by atoms with Crippen LogP contribution in [0.15, 0.2) is 53.4 Å². The standard InChI is InChI=1S/C17H16F3N3O6S/c18-17(19,20)13-2-1-3-15(10-13)30(28,29)22(9-8-16(24)21-25)11-12-4-6-14(7-5-12)23(26)27/h1-7,10,25H,8-9,11H2,(H,21,24). The van der Waals surface area contributed by atoms with Crippen molar-refractivity contribution in [2.75, 3.05) is 6.54 Å². The molecule has 0 bridgehead atoms. The van der Waals surface area contributed by atoms with Gasteiger partial charge in [-0.25, -0.2) is 13.9 Å². The Hall–Kier alpha value is -3.03. The number of nitrogens with zero attached hydrogens (tertiary/aromatic N) is 2. The van der Waals surface area contributed by atoms with Gasteiger partial charge in [0.25, 0.3) is 5.69 Å². The van der Waals surface area contributed by atoms with Gasteiger partial charge < -0.3 is 0 Å². The first-order valence-electron chi connectivity index (χ1n) is 8.29. The number of nitrogens with one attached hydrogen (secondary N) is 1. The van der Waals surface area contributed by atoms with E-state index in [4.69, 9.17) is 5.21 Å². The van der Waals surface area contributed by atoms with E-state index < -0.39 is 50.5 Å². The number of hydrogen-bond acceptors (Lipinski definition) is 6. The lowest BCUT2D eigenvalue weighted by Gasteiger charge is -2.22. The molecule has 0 heterocycles. The van der Waals surface area contributed by atoms with Crippen LogP contribution in [0.5, 0.6) is 0 Å². The van der Waals surface area contributed by atoms with Crippen LogP contribution in [0, 0.1) is 10.1 Å². The predicted octanol–water partition coefficient (Wildman–Crippen LogP) is 2.70. The third-order valence-electron chi connectivity index (χ3n) is 4.02. The third kappa shape index (κ3) is 5.75. The highest BCUT2D eigenvalue weighted by molar-refractivity contribution is 7.89. The zero-order valence-electron chi connectivity index (χ0n) is 15.2. The van der Waals surface area contributed by atoms with Gasteiger partial charge in [0.15, 0.2) is 0 Å². The maximum Gasteiger partial charge on any atom is 0.416 e. The van der Waals surface area contributed by atoms with E-state index in [1.54, 1.807) is 0 Å². The van der Waals surface area contributed by atoms with Gasteiger partial charge in [-0.3, -0.25) is 20.1 Å². The predicted molar refractivity (Wildman–Crippen MR) is 96.7 cm³/mol. The molecule has 1 amide bonds. The number of benzene rings is 2.